The SMILES string of the molecule is Cc1ccc(CN2CCCN(C(=O)c3nn(-c4ccccc4)c(=O)c4ccccc34)CC2)cc1. The van der Waals surface area contributed by atoms with Gasteiger partial charge in [0.2, 0.25) is 0 Å². The van der Waals surface area contributed by atoms with E-state index < -0.39 is 0 Å². The maximum atomic E-state index is 13.7. The average molecular weight is 453 g/mol. The van der Waals surface area contributed by atoms with E-state index in [-0.39, 0.29) is 11.5 Å². The Morgan fingerprint density at radius 1 is 0.824 bits per heavy atom. The summed E-state index contributed by atoms with van der Waals surface area (Å²) in [4.78, 5) is 31.1. The molecule has 0 spiro atoms. The third-order valence-corrected chi connectivity index (χ3v) is 6.41. The van der Waals surface area contributed by atoms with E-state index in [9.17, 15) is 9.59 Å². The molecule has 1 aliphatic heterocycles. The normalized spacial score (nSPS) is 14.8. The summed E-state index contributed by atoms with van der Waals surface area (Å²) >= 11 is 0. The van der Waals surface area contributed by atoms with Crippen LogP contribution in [0.15, 0.2) is 83.7 Å². The number of hydrogen-bond acceptors (Lipinski definition) is 4. The minimum atomic E-state index is -0.224. The van der Waals surface area contributed by atoms with Crippen molar-refractivity contribution in [1.29, 1.82) is 0 Å². The molecule has 6 nitrogen and oxygen atoms in total. The molecule has 0 bridgehead atoms. The number of hydrogen-bond donors (Lipinski definition) is 0. The Kier molecular flexibility index (Phi) is 6.23. The smallest absolute Gasteiger partial charge is 0.279 e. The predicted octanol–water partition coefficient (Wildman–Crippen LogP) is 4.04. The summed E-state index contributed by atoms with van der Waals surface area (Å²) < 4.78 is 1.34. The lowest BCUT2D eigenvalue weighted by Crippen LogP contribution is -2.37. The van der Waals surface area contributed by atoms with Crippen molar-refractivity contribution in [1.82, 2.24) is 19.6 Å². The fraction of sp³-hybridized carbons (Fsp3) is 0.250. The number of rotatable bonds is 4. The van der Waals surface area contributed by atoms with E-state index in [1.807, 2.05) is 53.4 Å². The van der Waals surface area contributed by atoms with Crippen molar-refractivity contribution in [2.45, 2.75) is 19.9 Å². The maximum absolute atomic E-state index is 13.7. The Hall–Kier alpha value is -3.77. The highest BCUT2D eigenvalue weighted by atomic mass is 16.2. The molecular weight excluding hydrogens is 424 g/mol. The minimum Gasteiger partial charge on any atom is -0.336 e. The number of fused-ring (bicyclic) bond motifs is 1. The quantitative estimate of drug-likeness (QED) is 0.469. The van der Waals surface area contributed by atoms with Crippen LogP contribution in [0, 0.1) is 6.92 Å². The molecule has 5 rings (SSSR count). The van der Waals surface area contributed by atoms with Gasteiger partial charge in [0.15, 0.2) is 5.69 Å². The number of carbonyl (C=O) groups is 1. The van der Waals surface area contributed by atoms with Gasteiger partial charge in [0.05, 0.1) is 11.1 Å². The van der Waals surface area contributed by atoms with Crippen LogP contribution in [-0.4, -0.2) is 51.7 Å². The summed E-state index contributed by atoms with van der Waals surface area (Å²) in [5.41, 5.74) is 3.29. The molecule has 1 aromatic heterocycles. The highest BCUT2D eigenvalue weighted by Crippen LogP contribution is 2.18. The van der Waals surface area contributed by atoms with Gasteiger partial charge in [-0.2, -0.15) is 9.78 Å². The van der Waals surface area contributed by atoms with Gasteiger partial charge in [0, 0.05) is 38.1 Å². The Balaban J connectivity index is 1.42. The molecule has 0 aliphatic carbocycles. The van der Waals surface area contributed by atoms with Crippen LogP contribution in [0.1, 0.15) is 28.0 Å². The van der Waals surface area contributed by atoms with E-state index in [2.05, 4.69) is 41.2 Å². The Labute approximate surface area is 199 Å². The summed E-state index contributed by atoms with van der Waals surface area (Å²) in [6.07, 6.45) is 0.897. The second-order valence-electron chi connectivity index (χ2n) is 8.85. The van der Waals surface area contributed by atoms with E-state index in [0.29, 0.717) is 35.2 Å². The monoisotopic (exact) mass is 452 g/mol. The van der Waals surface area contributed by atoms with Crippen molar-refractivity contribution in [3.8, 4) is 5.69 Å². The zero-order chi connectivity index (χ0) is 23.5. The molecule has 0 N–H and O–H groups in total. The summed E-state index contributed by atoms with van der Waals surface area (Å²) in [5.74, 6) is -0.127. The van der Waals surface area contributed by atoms with E-state index >= 15 is 0 Å². The van der Waals surface area contributed by atoms with Crippen molar-refractivity contribution in [2.24, 2.45) is 0 Å². The van der Waals surface area contributed by atoms with Crippen molar-refractivity contribution in [3.63, 3.8) is 0 Å². The fourth-order valence-electron chi connectivity index (χ4n) is 4.53. The lowest BCUT2D eigenvalue weighted by molar-refractivity contribution is 0.0755. The molecule has 34 heavy (non-hydrogen) atoms. The first kappa shape index (κ1) is 22.0. The van der Waals surface area contributed by atoms with Crippen LogP contribution in [0.25, 0.3) is 16.5 Å². The van der Waals surface area contributed by atoms with E-state index in [1.165, 1.54) is 15.8 Å². The molecule has 6 heteroatoms. The highest BCUT2D eigenvalue weighted by molar-refractivity contribution is 6.04. The summed E-state index contributed by atoms with van der Waals surface area (Å²) in [6.45, 7) is 6.01. The second-order valence-corrected chi connectivity index (χ2v) is 8.85. The molecule has 0 radical (unpaired) electrons. The van der Waals surface area contributed by atoms with Crippen LogP contribution in [0.5, 0.6) is 0 Å². The number of para-hydroxylation sites is 1. The van der Waals surface area contributed by atoms with Gasteiger partial charge >= 0.3 is 0 Å². The van der Waals surface area contributed by atoms with Gasteiger partial charge in [-0.15, -0.1) is 0 Å². The molecular formula is C28H28N4O2. The molecule has 1 fully saturated rings. The summed E-state index contributed by atoms with van der Waals surface area (Å²) in [6, 6.07) is 25.1. The summed E-state index contributed by atoms with van der Waals surface area (Å²) in [7, 11) is 0. The van der Waals surface area contributed by atoms with Gasteiger partial charge in [-0.1, -0.05) is 66.2 Å². The van der Waals surface area contributed by atoms with Gasteiger partial charge in [-0.25, -0.2) is 0 Å². The predicted molar refractivity (Wildman–Crippen MR) is 134 cm³/mol. The van der Waals surface area contributed by atoms with Gasteiger partial charge in [0.25, 0.3) is 11.5 Å². The number of amides is 1. The second kappa shape index (κ2) is 9.61. The number of nitrogens with zero attached hydrogens (tertiary/aromatic N) is 4. The van der Waals surface area contributed by atoms with E-state index in [1.54, 1.807) is 6.07 Å². The largest absolute Gasteiger partial charge is 0.336 e. The molecule has 0 atom stereocenters. The van der Waals surface area contributed by atoms with Gasteiger partial charge in [0.1, 0.15) is 0 Å². The third kappa shape index (κ3) is 4.50. The average Bonchev–Trinajstić information content (AvgIpc) is 3.11. The molecule has 1 saturated heterocycles. The standard InChI is InChI=1S/C28H28N4O2/c1-21-12-14-22(15-13-21)20-30-16-7-17-31(19-18-30)28(34)26-24-10-5-6-11-25(24)27(33)32(29-26)23-8-3-2-4-9-23/h2-6,8-15H,7,16-20H2,1H3. The molecule has 4 aromatic rings. The highest BCUT2D eigenvalue weighted by Gasteiger charge is 2.25. The molecule has 0 saturated carbocycles. The number of carbonyl (C=O) groups excluding carboxylic acids is 1. The zero-order valence-corrected chi connectivity index (χ0v) is 19.4. The topological polar surface area (TPSA) is 58.4 Å². The molecule has 1 aliphatic rings. The Morgan fingerprint density at radius 2 is 1.53 bits per heavy atom. The minimum absolute atomic E-state index is 0.127. The van der Waals surface area contributed by atoms with E-state index in [0.717, 1.165) is 26.1 Å². The van der Waals surface area contributed by atoms with Crippen molar-refractivity contribution in [2.75, 3.05) is 26.2 Å². The van der Waals surface area contributed by atoms with Gasteiger partial charge in [-0.3, -0.25) is 14.5 Å². The van der Waals surface area contributed by atoms with E-state index in [4.69, 9.17) is 0 Å². The van der Waals surface area contributed by atoms with Crippen molar-refractivity contribution >= 4 is 16.7 Å². The first-order chi connectivity index (χ1) is 16.6. The van der Waals surface area contributed by atoms with Crippen LogP contribution in [0.4, 0.5) is 0 Å². The van der Waals surface area contributed by atoms with Crippen LogP contribution in [0.2, 0.25) is 0 Å². The molecule has 1 amide bonds. The summed E-state index contributed by atoms with van der Waals surface area (Å²) in [5, 5.41) is 5.67. The van der Waals surface area contributed by atoms with Crippen molar-refractivity contribution in [3.05, 3.63) is 106 Å². The lowest BCUT2D eigenvalue weighted by atomic mass is 10.1. The van der Waals surface area contributed by atoms with Gasteiger partial charge < -0.3 is 4.90 Å². The Bertz CT molecular complexity index is 1360. The van der Waals surface area contributed by atoms with Crippen molar-refractivity contribution < 1.29 is 4.79 Å². The zero-order valence-electron chi connectivity index (χ0n) is 19.4. The first-order valence-electron chi connectivity index (χ1n) is 11.7. The van der Waals surface area contributed by atoms with Crippen LogP contribution in [-0.2, 0) is 6.54 Å². The molecule has 2 heterocycles. The lowest BCUT2D eigenvalue weighted by Gasteiger charge is -2.22. The molecule has 172 valence electrons. The number of aryl methyl sites for hydroxylation is 1. The Morgan fingerprint density at radius 3 is 2.29 bits per heavy atom. The first-order valence-corrected chi connectivity index (χ1v) is 11.7. The number of aromatic nitrogens is 2. The molecule has 3 aromatic carbocycles. The van der Waals surface area contributed by atoms with Gasteiger partial charge in [-0.05, 0) is 37.1 Å². The van der Waals surface area contributed by atoms with Crippen LogP contribution >= 0.6 is 0 Å². The van der Waals surface area contributed by atoms with Crippen LogP contribution in [0.3, 0.4) is 0 Å². The number of benzene rings is 3. The van der Waals surface area contributed by atoms with Crippen LogP contribution < -0.4 is 5.56 Å². The third-order valence-electron chi connectivity index (χ3n) is 6.41. The fourth-order valence-corrected chi connectivity index (χ4v) is 4.53. The maximum Gasteiger partial charge on any atom is 0.279 e. The molecule has 0 unspecified atom stereocenters.